The molecule has 150 valence electrons. The fourth-order valence-electron chi connectivity index (χ4n) is 2.93. The molecule has 6 heteroatoms. The molecular weight excluding hydrogens is 371 g/mol. The van der Waals surface area contributed by atoms with E-state index in [1.807, 2.05) is 24.3 Å². The van der Waals surface area contributed by atoms with Crippen molar-refractivity contribution >= 4 is 5.91 Å². The van der Waals surface area contributed by atoms with Gasteiger partial charge in [-0.05, 0) is 30.3 Å². The van der Waals surface area contributed by atoms with Gasteiger partial charge in [0.15, 0.2) is 11.7 Å². The predicted molar refractivity (Wildman–Crippen MR) is 109 cm³/mol. The minimum absolute atomic E-state index is 0.114. The Labute approximate surface area is 169 Å². The van der Waals surface area contributed by atoms with E-state index in [1.165, 1.54) is 6.07 Å². The molecule has 0 radical (unpaired) electrons. The third-order valence-corrected chi connectivity index (χ3v) is 4.50. The van der Waals surface area contributed by atoms with Crippen LogP contribution >= 0.6 is 0 Å². The Bertz CT molecular complexity index is 966. The van der Waals surface area contributed by atoms with Gasteiger partial charge in [0.1, 0.15) is 11.6 Å². The van der Waals surface area contributed by atoms with E-state index in [9.17, 15) is 9.18 Å². The third kappa shape index (κ3) is 5.31. The molecule has 0 aliphatic rings. The molecule has 5 nitrogen and oxygen atoms in total. The van der Waals surface area contributed by atoms with Crippen LogP contribution in [0.15, 0.2) is 71.8 Å². The largest absolute Gasteiger partial charge is 0.497 e. The summed E-state index contributed by atoms with van der Waals surface area (Å²) < 4.78 is 24.8. The Morgan fingerprint density at radius 2 is 2.00 bits per heavy atom. The summed E-state index contributed by atoms with van der Waals surface area (Å²) in [5, 5.41) is 0. The molecule has 3 rings (SSSR count). The summed E-state index contributed by atoms with van der Waals surface area (Å²) in [5.74, 6) is 1.43. The van der Waals surface area contributed by atoms with E-state index in [1.54, 1.807) is 42.5 Å². The maximum absolute atomic E-state index is 13.9. The maximum atomic E-state index is 13.9. The number of methoxy groups -OCH3 is 1. The lowest BCUT2D eigenvalue weighted by atomic mass is 10.2. The van der Waals surface area contributed by atoms with Crippen LogP contribution in [0.1, 0.15) is 17.9 Å². The standard InChI is InChI=1S/C23H23FN2O3/c1-3-14-26(16-18-6-4-5-7-20(18)24)23(27)13-12-22-25-15-21(29-22)17-8-10-19(28-2)11-9-17/h3-11,15H,1,12-14,16H2,2H3. The van der Waals surface area contributed by atoms with Crippen molar-refractivity contribution in [3.8, 4) is 17.1 Å². The number of hydrogen-bond acceptors (Lipinski definition) is 4. The number of hydrogen-bond donors (Lipinski definition) is 0. The van der Waals surface area contributed by atoms with Crippen LogP contribution in [0.4, 0.5) is 4.39 Å². The molecule has 1 aromatic heterocycles. The number of carbonyl (C=O) groups excluding carboxylic acids is 1. The van der Waals surface area contributed by atoms with Crippen LogP contribution in [-0.4, -0.2) is 29.4 Å². The molecule has 3 aromatic rings. The van der Waals surface area contributed by atoms with Crippen molar-refractivity contribution in [1.82, 2.24) is 9.88 Å². The molecule has 0 spiro atoms. The van der Waals surface area contributed by atoms with Gasteiger partial charge in [-0.1, -0.05) is 24.3 Å². The van der Waals surface area contributed by atoms with E-state index < -0.39 is 0 Å². The Morgan fingerprint density at radius 1 is 1.24 bits per heavy atom. The molecule has 0 aliphatic carbocycles. The highest BCUT2D eigenvalue weighted by Gasteiger charge is 2.16. The second-order valence-corrected chi connectivity index (χ2v) is 6.50. The Morgan fingerprint density at radius 3 is 2.69 bits per heavy atom. The van der Waals surface area contributed by atoms with E-state index >= 15 is 0 Å². The molecule has 0 aliphatic heterocycles. The summed E-state index contributed by atoms with van der Waals surface area (Å²) in [6, 6.07) is 13.9. The Kier molecular flexibility index (Phi) is 6.79. The topological polar surface area (TPSA) is 55.6 Å². The average molecular weight is 394 g/mol. The number of benzene rings is 2. The van der Waals surface area contributed by atoms with Gasteiger partial charge >= 0.3 is 0 Å². The number of carbonyl (C=O) groups is 1. The summed E-state index contributed by atoms with van der Waals surface area (Å²) in [7, 11) is 1.61. The smallest absolute Gasteiger partial charge is 0.223 e. The predicted octanol–water partition coefficient (Wildman–Crippen LogP) is 4.64. The normalized spacial score (nSPS) is 10.6. The van der Waals surface area contributed by atoms with Crippen molar-refractivity contribution in [2.45, 2.75) is 19.4 Å². The summed E-state index contributed by atoms with van der Waals surface area (Å²) in [6.07, 6.45) is 3.85. The van der Waals surface area contributed by atoms with Gasteiger partial charge in [0.05, 0.1) is 13.3 Å². The fraction of sp³-hybridized carbons (Fsp3) is 0.217. The highest BCUT2D eigenvalue weighted by atomic mass is 19.1. The molecule has 0 fully saturated rings. The lowest BCUT2D eigenvalue weighted by Gasteiger charge is -2.21. The summed E-state index contributed by atoms with van der Waals surface area (Å²) in [4.78, 5) is 18.5. The van der Waals surface area contributed by atoms with E-state index in [0.717, 1.165) is 11.3 Å². The lowest BCUT2D eigenvalue weighted by molar-refractivity contribution is -0.131. The van der Waals surface area contributed by atoms with Gasteiger partial charge in [-0.2, -0.15) is 0 Å². The molecule has 2 aromatic carbocycles. The molecule has 29 heavy (non-hydrogen) atoms. The number of nitrogens with zero attached hydrogens (tertiary/aromatic N) is 2. The van der Waals surface area contributed by atoms with Crippen molar-refractivity contribution < 1.29 is 18.3 Å². The van der Waals surface area contributed by atoms with Crippen molar-refractivity contribution in [3.05, 3.63) is 84.7 Å². The molecule has 0 N–H and O–H groups in total. The van der Waals surface area contributed by atoms with Gasteiger partial charge in [0, 0.05) is 37.1 Å². The van der Waals surface area contributed by atoms with Gasteiger partial charge in [0.25, 0.3) is 0 Å². The second kappa shape index (κ2) is 9.68. The lowest BCUT2D eigenvalue weighted by Crippen LogP contribution is -2.31. The minimum Gasteiger partial charge on any atom is -0.497 e. The molecule has 0 bridgehead atoms. The maximum Gasteiger partial charge on any atom is 0.223 e. The van der Waals surface area contributed by atoms with Gasteiger partial charge in [-0.3, -0.25) is 4.79 Å². The van der Waals surface area contributed by atoms with Gasteiger partial charge in [-0.15, -0.1) is 6.58 Å². The zero-order valence-corrected chi connectivity index (χ0v) is 16.3. The number of oxazole rings is 1. The summed E-state index contributed by atoms with van der Waals surface area (Å²) in [5.41, 5.74) is 1.35. The van der Waals surface area contributed by atoms with Crippen LogP contribution in [0.25, 0.3) is 11.3 Å². The second-order valence-electron chi connectivity index (χ2n) is 6.50. The number of ether oxygens (including phenoxy) is 1. The fourth-order valence-corrected chi connectivity index (χ4v) is 2.93. The molecule has 1 amide bonds. The van der Waals surface area contributed by atoms with Gasteiger partial charge in [0.2, 0.25) is 5.91 Å². The number of amides is 1. The van der Waals surface area contributed by atoms with E-state index in [0.29, 0.717) is 30.2 Å². The van der Waals surface area contributed by atoms with Crippen LogP contribution in [0.2, 0.25) is 0 Å². The number of aryl methyl sites for hydroxylation is 1. The number of rotatable bonds is 9. The first kappa shape index (κ1) is 20.3. The molecular formula is C23H23FN2O3. The third-order valence-electron chi connectivity index (χ3n) is 4.50. The van der Waals surface area contributed by atoms with Crippen LogP contribution in [0.5, 0.6) is 5.75 Å². The quantitative estimate of drug-likeness (QED) is 0.496. The highest BCUT2D eigenvalue weighted by molar-refractivity contribution is 5.76. The average Bonchev–Trinajstić information content (AvgIpc) is 3.22. The van der Waals surface area contributed by atoms with Crippen LogP contribution < -0.4 is 4.74 Å². The SMILES string of the molecule is C=CCN(Cc1ccccc1F)C(=O)CCc1ncc(-c2ccc(OC)cc2)o1. The molecule has 1 heterocycles. The van der Waals surface area contributed by atoms with Crippen LogP contribution in [0.3, 0.4) is 0 Å². The van der Waals surface area contributed by atoms with Crippen LogP contribution in [0, 0.1) is 5.82 Å². The first-order valence-corrected chi connectivity index (χ1v) is 9.32. The van der Waals surface area contributed by atoms with Gasteiger partial charge in [-0.25, -0.2) is 9.37 Å². The van der Waals surface area contributed by atoms with E-state index in [2.05, 4.69) is 11.6 Å². The highest BCUT2D eigenvalue weighted by Crippen LogP contribution is 2.23. The van der Waals surface area contributed by atoms with Crippen molar-refractivity contribution in [2.24, 2.45) is 0 Å². The van der Waals surface area contributed by atoms with E-state index in [-0.39, 0.29) is 24.7 Å². The first-order chi connectivity index (χ1) is 14.1. The van der Waals surface area contributed by atoms with Crippen molar-refractivity contribution in [1.29, 1.82) is 0 Å². The Hall–Kier alpha value is -3.41. The Balaban J connectivity index is 1.61. The molecule has 0 saturated heterocycles. The number of aromatic nitrogens is 1. The van der Waals surface area contributed by atoms with Crippen LogP contribution in [-0.2, 0) is 17.8 Å². The van der Waals surface area contributed by atoms with Crippen molar-refractivity contribution in [3.63, 3.8) is 0 Å². The zero-order chi connectivity index (χ0) is 20.6. The van der Waals surface area contributed by atoms with Gasteiger partial charge < -0.3 is 14.1 Å². The summed E-state index contributed by atoms with van der Waals surface area (Å²) >= 11 is 0. The zero-order valence-electron chi connectivity index (χ0n) is 16.3. The first-order valence-electron chi connectivity index (χ1n) is 9.32. The van der Waals surface area contributed by atoms with E-state index in [4.69, 9.17) is 9.15 Å². The van der Waals surface area contributed by atoms with Crippen molar-refractivity contribution in [2.75, 3.05) is 13.7 Å². The molecule has 0 atom stereocenters. The summed E-state index contributed by atoms with van der Waals surface area (Å²) in [6.45, 7) is 4.22. The molecule has 0 saturated carbocycles. The monoisotopic (exact) mass is 394 g/mol. The molecule has 0 unspecified atom stereocenters. The minimum atomic E-state index is -0.328. The number of halogens is 1.